The van der Waals surface area contributed by atoms with Crippen LogP contribution in [0.1, 0.15) is 96.8 Å². The molecule has 6 saturated carbocycles. The molecule has 1 unspecified atom stereocenters. The lowest BCUT2D eigenvalue weighted by atomic mass is 9.46. The van der Waals surface area contributed by atoms with Gasteiger partial charge in [0.1, 0.15) is 6.61 Å². The number of hydrogen-bond donors (Lipinski definition) is 0. The number of hydrogen-bond acceptors (Lipinski definition) is 2. The maximum absolute atomic E-state index is 13.2. The van der Waals surface area contributed by atoms with Gasteiger partial charge in [0.2, 0.25) is 0 Å². The molecule has 8 bridgehead atoms. The zero-order chi connectivity index (χ0) is 19.6. The fraction of sp³-hybridized carbons (Fsp3) is 0.963. The van der Waals surface area contributed by atoms with E-state index in [0.29, 0.717) is 24.2 Å². The van der Waals surface area contributed by atoms with Crippen molar-refractivity contribution in [3.63, 3.8) is 0 Å². The van der Waals surface area contributed by atoms with Gasteiger partial charge in [-0.25, -0.2) is 0 Å². The summed E-state index contributed by atoms with van der Waals surface area (Å²) in [5, 5.41) is 0. The molecule has 0 N–H and O–H groups in total. The van der Waals surface area contributed by atoms with Crippen molar-refractivity contribution >= 4 is 5.78 Å². The van der Waals surface area contributed by atoms with Crippen LogP contribution in [0.25, 0.3) is 0 Å². The lowest BCUT2D eigenvalue weighted by Crippen LogP contribution is -2.57. The summed E-state index contributed by atoms with van der Waals surface area (Å²) in [6.45, 7) is 2.81. The Morgan fingerprint density at radius 3 is 2.45 bits per heavy atom. The minimum atomic E-state index is -0.0319. The highest BCUT2D eigenvalue weighted by molar-refractivity contribution is 5.82. The molecule has 0 aromatic heterocycles. The number of fused-ring (bicyclic) bond motifs is 12. The van der Waals surface area contributed by atoms with Gasteiger partial charge in [0, 0.05) is 5.92 Å². The van der Waals surface area contributed by atoms with Crippen molar-refractivity contribution in [3.05, 3.63) is 0 Å². The van der Waals surface area contributed by atoms with Gasteiger partial charge in [-0.05, 0) is 112 Å². The second-order valence-corrected chi connectivity index (χ2v) is 12.4. The monoisotopic (exact) mass is 398 g/mol. The third kappa shape index (κ3) is 3.26. The highest BCUT2D eigenvalue weighted by Crippen LogP contribution is 2.62. The molecule has 6 aliphatic carbocycles. The second kappa shape index (κ2) is 7.35. The second-order valence-electron chi connectivity index (χ2n) is 12.4. The number of carbonyl (C=O) groups is 1. The van der Waals surface area contributed by atoms with Gasteiger partial charge in [-0.1, -0.05) is 32.1 Å². The molecule has 0 saturated heterocycles. The average Bonchev–Trinajstić information content (AvgIpc) is 2.75. The summed E-state index contributed by atoms with van der Waals surface area (Å²) >= 11 is 0. The third-order valence-corrected chi connectivity index (χ3v) is 11.2. The van der Waals surface area contributed by atoms with E-state index < -0.39 is 0 Å². The van der Waals surface area contributed by atoms with Gasteiger partial charge >= 0.3 is 0 Å². The molecule has 10 atom stereocenters. The summed E-state index contributed by atoms with van der Waals surface area (Å²) in [5.74, 6) is 7.98. The molecule has 2 nitrogen and oxygen atoms in total. The van der Waals surface area contributed by atoms with Crippen molar-refractivity contribution in [2.24, 2.45) is 53.3 Å². The maximum Gasteiger partial charge on any atom is 0.161 e. The Morgan fingerprint density at radius 1 is 0.793 bits per heavy atom. The number of ether oxygens (including phenoxy) is 1. The lowest BCUT2D eigenvalue weighted by Gasteiger charge is -2.61. The predicted molar refractivity (Wildman–Crippen MR) is 115 cm³/mol. The van der Waals surface area contributed by atoms with Crippen LogP contribution in [-0.4, -0.2) is 18.0 Å². The first-order valence-corrected chi connectivity index (χ1v) is 13.3. The van der Waals surface area contributed by atoms with Gasteiger partial charge in [0.05, 0.1) is 5.60 Å². The van der Waals surface area contributed by atoms with Crippen LogP contribution in [0, 0.1) is 53.3 Å². The number of ketones is 1. The van der Waals surface area contributed by atoms with E-state index in [1.807, 2.05) is 0 Å². The Hall–Kier alpha value is -0.370. The molecule has 162 valence electrons. The van der Waals surface area contributed by atoms with E-state index in [0.717, 1.165) is 47.8 Å². The molecule has 6 fully saturated rings. The quantitative estimate of drug-likeness (QED) is 0.511. The zero-order valence-corrected chi connectivity index (χ0v) is 18.6. The van der Waals surface area contributed by atoms with E-state index >= 15 is 0 Å². The van der Waals surface area contributed by atoms with E-state index in [4.69, 9.17) is 4.74 Å². The van der Waals surface area contributed by atoms with Crippen LogP contribution in [0.2, 0.25) is 0 Å². The number of Topliss-reactive ketones (excluding diaryl/α,β-unsaturated/α-hetero) is 1. The summed E-state index contributed by atoms with van der Waals surface area (Å²) in [5.41, 5.74) is -0.0319. The molecular formula is C27H42O2. The molecule has 2 heteroatoms. The topological polar surface area (TPSA) is 26.3 Å². The van der Waals surface area contributed by atoms with Gasteiger partial charge in [-0.15, -0.1) is 0 Å². The Kier molecular flexibility index (Phi) is 4.90. The van der Waals surface area contributed by atoms with E-state index in [1.165, 1.54) is 83.5 Å². The summed E-state index contributed by atoms with van der Waals surface area (Å²) < 4.78 is 6.69. The van der Waals surface area contributed by atoms with Crippen molar-refractivity contribution < 1.29 is 9.53 Å². The minimum Gasteiger partial charge on any atom is -0.367 e. The molecule has 0 aromatic carbocycles. The number of carbonyl (C=O) groups excluding carboxylic acids is 1. The molecule has 6 aliphatic rings. The molecule has 0 heterocycles. The normalized spacial score (nSPS) is 53.3. The molecule has 0 aromatic rings. The van der Waals surface area contributed by atoms with Gasteiger partial charge in [0.15, 0.2) is 5.78 Å². The van der Waals surface area contributed by atoms with Gasteiger partial charge in [-0.3, -0.25) is 4.79 Å². The first-order valence-electron chi connectivity index (χ1n) is 13.3. The minimum absolute atomic E-state index is 0.0319. The predicted octanol–water partition coefficient (Wildman–Crippen LogP) is 6.42. The first kappa shape index (κ1) is 19.3. The van der Waals surface area contributed by atoms with Gasteiger partial charge < -0.3 is 4.74 Å². The molecule has 6 rings (SSSR count). The van der Waals surface area contributed by atoms with Crippen molar-refractivity contribution in [2.75, 3.05) is 6.61 Å². The van der Waals surface area contributed by atoms with Gasteiger partial charge in [0.25, 0.3) is 0 Å². The molecule has 0 radical (unpaired) electrons. The zero-order valence-electron chi connectivity index (χ0n) is 18.6. The summed E-state index contributed by atoms with van der Waals surface area (Å²) in [6.07, 6.45) is 19.3. The highest BCUT2D eigenvalue weighted by Gasteiger charge is 2.56. The third-order valence-electron chi connectivity index (χ3n) is 11.2. The summed E-state index contributed by atoms with van der Waals surface area (Å²) in [7, 11) is 0. The number of rotatable bonds is 4. The van der Waals surface area contributed by atoms with Crippen molar-refractivity contribution in [3.8, 4) is 0 Å². The van der Waals surface area contributed by atoms with E-state index in [2.05, 4.69) is 6.92 Å². The summed E-state index contributed by atoms with van der Waals surface area (Å²) in [4.78, 5) is 13.2. The van der Waals surface area contributed by atoms with Crippen LogP contribution < -0.4 is 0 Å². The standard InChI is InChI=1S/C27H42O2/c1-27(29-16-26(28)22-9-8-17-4-2-5-18(22)12-17)11-10-21-14-25(27)24-15-23(21)19-6-3-7-20(24)13-19/h17-25H,2-16H2,1H3/t17-,18-,19+,20-,21-,22?,23+,24-,25-,27+/m0/s1. The Labute approximate surface area is 177 Å². The lowest BCUT2D eigenvalue weighted by molar-refractivity contribution is -0.184. The molecular weight excluding hydrogens is 356 g/mol. The highest BCUT2D eigenvalue weighted by atomic mass is 16.5. The average molecular weight is 399 g/mol. The molecule has 0 aliphatic heterocycles. The Bertz CT molecular complexity index is 642. The van der Waals surface area contributed by atoms with Crippen molar-refractivity contribution in [1.29, 1.82) is 0 Å². The van der Waals surface area contributed by atoms with Gasteiger partial charge in [-0.2, -0.15) is 0 Å². The van der Waals surface area contributed by atoms with E-state index in [9.17, 15) is 4.79 Å². The fourth-order valence-corrected chi connectivity index (χ4v) is 9.74. The van der Waals surface area contributed by atoms with Crippen LogP contribution in [-0.2, 0) is 9.53 Å². The maximum atomic E-state index is 13.2. The molecule has 0 amide bonds. The van der Waals surface area contributed by atoms with Crippen LogP contribution in [0.5, 0.6) is 0 Å². The molecule has 29 heavy (non-hydrogen) atoms. The smallest absolute Gasteiger partial charge is 0.161 e. The van der Waals surface area contributed by atoms with Crippen LogP contribution in [0.3, 0.4) is 0 Å². The van der Waals surface area contributed by atoms with E-state index in [-0.39, 0.29) is 5.60 Å². The largest absolute Gasteiger partial charge is 0.367 e. The summed E-state index contributed by atoms with van der Waals surface area (Å²) in [6, 6.07) is 0. The van der Waals surface area contributed by atoms with Crippen LogP contribution in [0.4, 0.5) is 0 Å². The van der Waals surface area contributed by atoms with Crippen molar-refractivity contribution in [1.82, 2.24) is 0 Å². The molecule has 0 spiro atoms. The van der Waals surface area contributed by atoms with Crippen LogP contribution in [0.15, 0.2) is 0 Å². The SMILES string of the molecule is C[C@@]1(OCC(=O)C2CC[C@@H]3CCC[C@H]2C3)CC[C@H]2C[C@H]1[C@H]1C[C@@H]2[C@@H]2CCC[C@H]1C2. The van der Waals surface area contributed by atoms with Crippen molar-refractivity contribution in [2.45, 2.75) is 102 Å². The Balaban J connectivity index is 1.14. The first-order chi connectivity index (χ1) is 14.1. The van der Waals surface area contributed by atoms with Crippen LogP contribution >= 0.6 is 0 Å². The van der Waals surface area contributed by atoms with E-state index in [1.54, 1.807) is 0 Å². The Morgan fingerprint density at radius 2 is 1.55 bits per heavy atom. The fourth-order valence-electron chi connectivity index (χ4n) is 9.74.